The highest BCUT2D eigenvalue weighted by Crippen LogP contribution is 2.19. The summed E-state index contributed by atoms with van der Waals surface area (Å²) in [5.74, 6) is 1.15. The van der Waals surface area contributed by atoms with Crippen LogP contribution in [-0.2, 0) is 0 Å². The molecule has 0 aliphatic heterocycles. The number of nitrogens with two attached hydrogens (primary N) is 1. The molecule has 0 radical (unpaired) electrons. The Morgan fingerprint density at radius 1 is 1.53 bits per heavy atom. The molecule has 0 amide bonds. The van der Waals surface area contributed by atoms with Gasteiger partial charge in [0.05, 0.1) is 5.69 Å². The average Bonchev–Trinajstić information content (AvgIpc) is 2.25. The SMILES string of the molecule is CCCCCSc1ccnc(C(N)=S)c1. The van der Waals surface area contributed by atoms with Gasteiger partial charge in [-0.2, -0.15) is 0 Å². The molecule has 2 N–H and O–H groups in total. The van der Waals surface area contributed by atoms with Crippen molar-refractivity contribution in [2.45, 2.75) is 31.1 Å². The van der Waals surface area contributed by atoms with Crippen molar-refractivity contribution < 1.29 is 0 Å². The maximum atomic E-state index is 5.52. The van der Waals surface area contributed by atoms with Crippen LogP contribution in [0.3, 0.4) is 0 Å². The number of rotatable bonds is 6. The molecule has 0 aliphatic rings. The number of thiocarbonyl (C=S) groups is 1. The van der Waals surface area contributed by atoms with Gasteiger partial charge in [-0.25, -0.2) is 0 Å². The van der Waals surface area contributed by atoms with Gasteiger partial charge in [-0.1, -0.05) is 32.0 Å². The van der Waals surface area contributed by atoms with Crippen molar-refractivity contribution in [2.24, 2.45) is 5.73 Å². The first-order chi connectivity index (χ1) is 7.24. The van der Waals surface area contributed by atoms with E-state index in [1.54, 1.807) is 6.20 Å². The molecule has 0 aliphatic carbocycles. The van der Waals surface area contributed by atoms with E-state index in [1.807, 2.05) is 23.9 Å². The Hall–Kier alpha value is -0.610. The van der Waals surface area contributed by atoms with Crippen LogP contribution in [-0.4, -0.2) is 15.7 Å². The molecule has 1 aromatic heterocycles. The zero-order valence-corrected chi connectivity index (χ0v) is 10.5. The minimum absolute atomic E-state index is 0.367. The maximum absolute atomic E-state index is 5.52. The van der Waals surface area contributed by atoms with Crippen LogP contribution in [0.5, 0.6) is 0 Å². The number of hydrogen-bond acceptors (Lipinski definition) is 3. The van der Waals surface area contributed by atoms with E-state index in [1.165, 1.54) is 24.2 Å². The monoisotopic (exact) mass is 240 g/mol. The zero-order valence-electron chi connectivity index (χ0n) is 8.90. The molecule has 0 unspecified atom stereocenters. The van der Waals surface area contributed by atoms with Crippen molar-refractivity contribution in [3.05, 3.63) is 24.0 Å². The molecular formula is C11H16N2S2. The van der Waals surface area contributed by atoms with Crippen LogP contribution < -0.4 is 5.73 Å². The molecule has 0 saturated heterocycles. The minimum atomic E-state index is 0.367. The fourth-order valence-electron chi connectivity index (χ4n) is 1.18. The Kier molecular flexibility index (Phi) is 5.65. The molecule has 82 valence electrons. The smallest absolute Gasteiger partial charge is 0.122 e. The maximum Gasteiger partial charge on any atom is 0.122 e. The lowest BCUT2D eigenvalue weighted by Gasteiger charge is -2.02. The van der Waals surface area contributed by atoms with E-state index in [9.17, 15) is 0 Å². The summed E-state index contributed by atoms with van der Waals surface area (Å²) in [6.07, 6.45) is 5.57. The van der Waals surface area contributed by atoms with Gasteiger partial charge < -0.3 is 5.73 Å². The van der Waals surface area contributed by atoms with Crippen molar-refractivity contribution >= 4 is 29.0 Å². The van der Waals surface area contributed by atoms with Crippen molar-refractivity contribution in [3.8, 4) is 0 Å². The molecule has 1 aromatic rings. The first-order valence-electron chi connectivity index (χ1n) is 5.12. The molecule has 2 nitrogen and oxygen atoms in total. The van der Waals surface area contributed by atoms with Gasteiger partial charge in [0.1, 0.15) is 4.99 Å². The second-order valence-corrected chi connectivity index (χ2v) is 4.90. The highest BCUT2D eigenvalue weighted by atomic mass is 32.2. The number of unbranched alkanes of at least 4 members (excludes halogenated alkanes) is 2. The van der Waals surface area contributed by atoms with E-state index in [0.29, 0.717) is 10.7 Å². The average molecular weight is 240 g/mol. The second-order valence-electron chi connectivity index (χ2n) is 3.30. The van der Waals surface area contributed by atoms with E-state index in [0.717, 1.165) is 5.75 Å². The van der Waals surface area contributed by atoms with Crippen molar-refractivity contribution in [1.82, 2.24) is 4.98 Å². The Labute approximate surface area is 101 Å². The number of hydrogen-bond donors (Lipinski definition) is 1. The third-order valence-electron chi connectivity index (χ3n) is 2.00. The Morgan fingerprint density at radius 3 is 3.00 bits per heavy atom. The molecule has 4 heteroatoms. The molecule has 0 saturated carbocycles. The van der Waals surface area contributed by atoms with Gasteiger partial charge in [0.25, 0.3) is 0 Å². The number of nitrogens with zero attached hydrogens (tertiary/aromatic N) is 1. The van der Waals surface area contributed by atoms with Crippen molar-refractivity contribution in [1.29, 1.82) is 0 Å². The largest absolute Gasteiger partial charge is 0.388 e. The molecule has 0 spiro atoms. The molecule has 0 aromatic carbocycles. The molecule has 0 atom stereocenters. The van der Waals surface area contributed by atoms with Crippen LogP contribution in [0.25, 0.3) is 0 Å². The summed E-state index contributed by atoms with van der Waals surface area (Å²) in [4.78, 5) is 5.67. The topological polar surface area (TPSA) is 38.9 Å². The summed E-state index contributed by atoms with van der Waals surface area (Å²) in [7, 11) is 0. The predicted molar refractivity (Wildman–Crippen MR) is 70.4 cm³/mol. The summed E-state index contributed by atoms with van der Waals surface area (Å²) in [5, 5.41) is 0. The van der Waals surface area contributed by atoms with Gasteiger partial charge in [0.15, 0.2) is 0 Å². The molecule has 1 heterocycles. The standard InChI is InChI=1S/C11H16N2S2/c1-2-3-4-7-15-9-5-6-13-10(8-9)11(12)14/h5-6,8H,2-4,7H2,1H3,(H2,12,14). The van der Waals surface area contributed by atoms with Crippen LogP contribution in [0.4, 0.5) is 0 Å². The molecule has 15 heavy (non-hydrogen) atoms. The third-order valence-corrected chi connectivity index (χ3v) is 3.29. The first kappa shape index (κ1) is 12.5. The Bertz CT molecular complexity index is 326. The highest BCUT2D eigenvalue weighted by Gasteiger charge is 2.00. The summed E-state index contributed by atoms with van der Waals surface area (Å²) in [5.41, 5.74) is 6.23. The van der Waals surface area contributed by atoms with E-state index < -0.39 is 0 Å². The van der Waals surface area contributed by atoms with Crippen molar-refractivity contribution in [2.75, 3.05) is 5.75 Å². The molecular weight excluding hydrogens is 224 g/mol. The summed E-state index contributed by atoms with van der Waals surface area (Å²) in [6, 6.07) is 3.96. The number of thioether (sulfide) groups is 1. The van der Waals surface area contributed by atoms with Crippen LogP contribution in [0.1, 0.15) is 31.9 Å². The molecule has 0 bridgehead atoms. The van der Waals surface area contributed by atoms with Gasteiger partial charge >= 0.3 is 0 Å². The van der Waals surface area contributed by atoms with Gasteiger partial charge in [0.2, 0.25) is 0 Å². The van der Waals surface area contributed by atoms with Crippen LogP contribution >= 0.6 is 24.0 Å². The normalized spacial score (nSPS) is 10.2. The predicted octanol–water partition coefficient (Wildman–Crippen LogP) is 3.00. The molecule has 0 fully saturated rings. The van der Waals surface area contributed by atoms with E-state index in [4.69, 9.17) is 18.0 Å². The van der Waals surface area contributed by atoms with Crippen LogP contribution in [0.2, 0.25) is 0 Å². The Morgan fingerprint density at radius 2 is 2.33 bits per heavy atom. The van der Waals surface area contributed by atoms with Crippen LogP contribution in [0.15, 0.2) is 23.2 Å². The highest BCUT2D eigenvalue weighted by molar-refractivity contribution is 7.99. The second kappa shape index (κ2) is 6.80. The van der Waals surface area contributed by atoms with Crippen LogP contribution in [0, 0.1) is 0 Å². The summed E-state index contributed by atoms with van der Waals surface area (Å²) < 4.78 is 0. The quantitative estimate of drug-likeness (QED) is 0.471. The third kappa shape index (κ3) is 4.62. The summed E-state index contributed by atoms with van der Waals surface area (Å²) in [6.45, 7) is 2.21. The lowest BCUT2D eigenvalue weighted by molar-refractivity contribution is 0.778. The van der Waals surface area contributed by atoms with Gasteiger partial charge in [0, 0.05) is 11.1 Å². The van der Waals surface area contributed by atoms with Gasteiger partial charge in [-0.05, 0) is 24.3 Å². The fourth-order valence-corrected chi connectivity index (χ4v) is 2.23. The zero-order chi connectivity index (χ0) is 11.1. The lowest BCUT2D eigenvalue weighted by Crippen LogP contribution is -2.11. The van der Waals surface area contributed by atoms with E-state index >= 15 is 0 Å². The lowest BCUT2D eigenvalue weighted by atomic mass is 10.3. The number of pyridine rings is 1. The van der Waals surface area contributed by atoms with Gasteiger partial charge in [-0.3, -0.25) is 4.98 Å². The fraction of sp³-hybridized carbons (Fsp3) is 0.455. The minimum Gasteiger partial charge on any atom is -0.388 e. The Balaban J connectivity index is 2.47. The number of aromatic nitrogens is 1. The first-order valence-corrected chi connectivity index (χ1v) is 6.52. The summed E-state index contributed by atoms with van der Waals surface area (Å²) >= 11 is 6.72. The van der Waals surface area contributed by atoms with Crippen molar-refractivity contribution in [3.63, 3.8) is 0 Å². The molecule has 1 rings (SSSR count). The van der Waals surface area contributed by atoms with Gasteiger partial charge in [-0.15, -0.1) is 11.8 Å². The van der Waals surface area contributed by atoms with E-state index in [-0.39, 0.29) is 0 Å². The van der Waals surface area contributed by atoms with E-state index in [2.05, 4.69) is 11.9 Å².